The van der Waals surface area contributed by atoms with Gasteiger partial charge in [0.05, 0.1) is 5.69 Å². The zero-order valence-electron chi connectivity index (χ0n) is 10.8. The van der Waals surface area contributed by atoms with Crippen molar-refractivity contribution in [1.29, 1.82) is 0 Å². The largest absolute Gasteiger partial charge is 0.465 e. The maximum atomic E-state index is 13.9. The first-order chi connectivity index (χ1) is 9.10. The highest BCUT2D eigenvalue weighted by Gasteiger charge is 2.24. The van der Waals surface area contributed by atoms with Crippen LogP contribution in [-0.2, 0) is 0 Å². The average Bonchev–Trinajstić information content (AvgIpc) is 2.84. The predicted molar refractivity (Wildman–Crippen MR) is 72.3 cm³/mol. The molecule has 3 N–H and O–H groups in total. The van der Waals surface area contributed by atoms with E-state index in [4.69, 9.17) is 5.11 Å². The quantitative estimate of drug-likeness (QED) is 0.780. The first-order valence-corrected chi connectivity index (χ1v) is 6.29. The van der Waals surface area contributed by atoms with Gasteiger partial charge in [0, 0.05) is 32.4 Å². The third kappa shape index (κ3) is 3.27. The lowest BCUT2D eigenvalue weighted by Gasteiger charge is -2.20. The minimum absolute atomic E-state index is 0.236. The van der Waals surface area contributed by atoms with Gasteiger partial charge in [-0.1, -0.05) is 0 Å². The summed E-state index contributed by atoms with van der Waals surface area (Å²) in [6.45, 7) is 1.85. The number of rotatable bonds is 4. The molecule has 0 aromatic heterocycles. The zero-order valence-corrected chi connectivity index (χ0v) is 10.8. The molecule has 1 aliphatic rings. The van der Waals surface area contributed by atoms with Crippen molar-refractivity contribution in [2.45, 2.75) is 6.42 Å². The van der Waals surface area contributed by atoms with Crippen molar-refractivity contribution < 1.29 is 14.3 Å². The van der Waals surface area contributed by atoms with Crippen LogP contribution in [0.4, 0.5) is 20.6 Å². The van der Waals surface area contributed by atoms with E-state index >= 15 is 0 Å². The Balaban J connectivity index is 1.98. The summed E-state index contributed by atoms with van der Waals surface area (Å²) < 4.78 is 13.9. The van der Waals surface area contributed by atoms with E-state index in [2.05, 4.69) is 10.6 Å². The number of anilines is 2. The Bertz CT molecular complexity index is 467. The van der Waals surface area contributed by atoms with Gasteiger partial charge in [0.25, 0.3) is 0 Å². The molecule has 0 aliphatic carbocycles. The SMILES string of the molecule is CNc1ccc(N2CCC(CNC(=O)O)C2)c(F)c1. The zero-order chi connectivity index (χ0) is 13.8. The fourth-order valence-corrected chi connectivity index (χ4v) is 2.37. The molecule has 1 fully saturated rings. The number of halogens is 1. The number of nitrogens with zero attached hydrogens (tertiary/aromatic N) is 1. The van der Waals surface area contributed by atoms with Crippen molar-refractivity contribution in [3.63, 3.8) is 0 Å². The Morgan fingerprint density at radius 1 is 1.58 bits per heavy atom. The second-order valence-corrected chi connectivity index (χ2v) is 4.70. The Hall–Kier alpha value is -1.98. The number of benzene rings is 1. The highest BCUT2D eigenvalue weighted by Crippen LogP contribution is 2.27. The Kier molecular flexibility index (Phi) is 4.09. The lowest BCUT2D eigenvalue weighted by molar-refractivity contribution is 0.192. The number of carbonyl (C=O) groups is 1. The summed E-state index contributed by atoms with van der Waals surface area (Å²) in [5, 5.41) is 13.8. The van der Waals surface area contributed by atoms with E-state index in [0.717, 1.165) is 18.7 Å². The van der Waals surface area contributed by atoms with Crippen molar-refractivity contribution in [3.05, 3.63) is 24.0 Å². The Morgan fingerprint density at radius 2 is 2.37 bits per heavy atom. The minimum atomic E-state index is -1.01. The second kappa shape index (κ2) is 5.77. The van der Waals surface area contributed by atoms with Crippen molar-refractivity contribution in [3.8, 4) is 0 Å². The lowest BCUT2D eigenvalue weighted by atomic mass is 10.1. The molecule has 0 spiro atoms. The Labute approximate surface area is 111 Å². The molecule has 1 aromatic carbocycles. The average molecular weight is 267 g/mol. The smallest absolute Gasteiger partial charge is 0.404 e. The molecular weight excluding hydrogens is 249 g/mol. The van der Waals surface area contributed by atoms with Crippen molar-refractivity contribution in [2.24, 2.45) is 5.92 Å². The van der Waals surface area contributed by atoms with Crippen LogP contribution in [0.5, 0.6) is 0 Å². The number of amides is 1. The molecule has 0 saturated carbocycles. The van der Waals surface area contributed by atoms with Gasteiger partial charge in [-0.3, -0.25) is 0 Å². The van der Waals surface area contributed by atoms with Gasteiger partial charge in [0.15, 0.2) is 0 Å². The summed E-state index contributed by atoms with van der Waals surface area (Å²) in [5.41, 5.74) is 1.32. The van der Waals surface area contributed by atoms with Crippen molar-refractivity contribution in [1.82, 2.24) is 5.32 Å². The van der Waals surface area contributed by atoms with E-state index in [0.29, 0.717) is 18.8 Å². The second-order valence-electron chi connectivity index (χ2n) is 4.70. The topological polar surface area (TPSA) is 64.6 Å². The summed E-state index contributed by atoms with van der Waals surface area (Å²) in [5.74, 6) is -0.0156. The molecule has 2 rings (SSSR count). The van der Waals surface area contributed by atoms with E-state index < -0.39 is 6.09 Å². The molecule has 6 heteroatoms. The number of carboxylic acid groups (broad SMARTS) is 1. The van der Waals surface area contributed by atoms with Crippen LogP contribution >= 0.6 is 0 Å². The summed E-state index contributed by atoms with van der Waals surface area (Å²) >= 11 is 0. The third-order valence-corrected chi connectivity index (χ3v) is 3.40. The van der Waals surface area contributed by atoms with Gasteiger partial charge in [0.2, 0.25) is 0 Å². The molecule has 1 aromatic rings. The van der Waals surface area contributed by atoms with E-state index in [1.54, 1.807) is 13.1 Å². The molecule has 1 aliphatic heterocycles. The fraction of sp³-hybridized carbons (Fsp3) is 0.462. The Morgan fingerprint density at radius 3 is 3.00 bits per heavy atom. The predicted octanol–water partition coefficient (Wildman–Crippen LogP) is 1.96. The molecule has 5 nitrogen and oxygen atoms in total. The van der Waals surface area contributed by atoms with Crippen molar-refractivity contribution >= 4 is 17.5 Å². The van der Waals surface area contributed by atoms with E-state index in [9.17, 15) is 9.18 Å². The summed E-state index contributed by atoms with van der Waals surface area (Å²) in [7, 11) is 1.75. The third-order valence-electron chi connectivity index (χ3n) is 3.40. The van der Waals surface area contributed by atoms with Gasteiger partial charge in [-0.15, -0.1) is 0 Å². The molecule has 1 amide bonds. The molecule has 0 radical (unpaired) electrons. The van der Waals surface area contributed by atoms with E-state index in [1.165, 1.54) is 6.07 Å². The highest BCUT2D eigenvalue weighted by molar-refractivity contribution is 5.64. The number of nitrogens with one attached hydrogen (secondary N) is 2. The monoisotopic (exact) mass is 267 g/mol. The molecule has 1 saturated heterocycles. The van der Waals surface area contributed by atoms with E-state index in [-0.39, 0.29) is 11.7 Å². The highest BCUT2D eigenvalue weighted by atomic mass is 19.1. The minimum Gasteiger partial charge on any atom is -0.465 e. The summed E-state index contributed by atoms with van der Waals surface area (Å²) in [6.07, 6.45) is -0.143. The van der Waals surface area contributed by atoms with Crippen LogP contribution in [0.2, 0.25) is 0 Å². The molecule has 1 atom stereocenters. The molecule has 1 heterocycles. The standard InChI is InChI=1S/C13H18FN3O2/c1-15-10-2-3-12(11(14)6-10)17-5-4-9(8-17)7-16-13(18)19/h2-3,6,9,15-16H,4-5,7-8H2,1H3,(H,18,19). The van der Waals surface area contributed by atoms with Gasteiger partial charge in [-0.05, 0) is 30.5 Å². The van der Waals surface area contributed by atoms with Gasteiger partial charge < -0.3 is 20.6 Å². The number of hydrogen-bond acceptors (Lipinski definition) is 3. The van der Waals surface area contributed by atoms with E-state index in [1.807, 2.05) is 11.0 Å². The fourth-order valence-electron chi connectivity index (χ4n) is 2.37. The summed E-state index contributed by atoms with van der Waals surface area (Å²) in [6, 6.07) is 5.06. The number of hydrogen-bond donors (Lipinski definition) is 3. The van der Waals surface area contributed by atoms with Crippen LogP contribution in [0.25, 0.3) is 0 Å². The van der Waals surface area contributed by atoms with Crippen molar-refractivity contribution in [2.75, 3.05) is 36.9 Å². The van der Waals surface area contributed by atoms with Gasteiger partial charge in [-0.25, -0.2) is 9.18 Å². The maximum absolute atomic E-state index is 13.9. The molecule has 1 unspecified atom stereocenters. The van der Waals surface area contributed by atoms with Crippen LogP contribution in [0.1, 0.15) is 6.42 Å². The first kappa shape index (κ1) is 13.5. The first-order valence-electron chi connectivity index (χ1n) is 6.29. The summed E-state index contributed by atoms with van der Waals surface area (Å²) in [4.78, 5) is 12.4. The molecule has 104 valence electrons. The molecular formula is C13H18FN3O2. The van der Waals surface area contributed by atoms with Crippen LogP contribution in [0.15, 0.2) is 18.2 Å². The normalized spacial score (nSPS) is 18.4. The van der Waals surface area contributed by atoms with Crippen LogP contribution in [-0.4, -0.2) is 37.9 Å². The molecule has 19 heavy (non-hydrogen) atoms. The van der Waals surface area contributed by atoms with Crippen LogP contribution < -0.4 is 15.5 Å². The lowest BCUT2D eigenvalue weighted by Crippen LogP contribution is -2.29. The maximum Gasteiger partial charge on any atom is 0.404 e. The van der Waals surface area contributed by atoms with Gasteiger partial charge in [-0.2, -0.15) is 0 Å². The van der Waals surface area contributed by atoms with Gasteiger partial charge >= 0.3 is 6.09 Å². The van der Waals surface area contributed by atoms with Crippen LogP contribution in [0.3, 0.4) is 0 Å². The van der Waals surface area contributed by atoms with Crippen LogP contribution in [0, 0.1) is 11.7 Å². The van der Waals surface area contributed by atoms with Gasteiger partial charge in [0.1, 0.15) is 5.82 Å². The molecule has 0 bridgehead atoms.